The first-order valence-electron chi connectivity index (χ1n) is 9.39. The predicted molar refractivity (Wildman–Crippen MR) is 119 cm³/mol. The van der Waals surface area contributed by atoms with Gasteiger partial charge in [-0.3, -0.25) is 0 Å². The number of fused-ring (bicyclic) bond motifs is 1. The van der Waals surface area contributed by atoms with Gasteiger partial charge >= 0.3 is 0 Å². The molecule has 1 unspecified atom stereocenters. The molecule has 7 heteroatoms. The Morgan fingerprint density at radius 2 is 2.21 bits per heavy atom. The molecule has 3 aromatic rings. The van der Waals surface area contributed by atoms with Gasteiger partial charge in [-0.1, -0.05) is 36.4 Å². The van der Waals surface area contributed by atoms with Gasteiger partial charge in [0.25, 0.3) is 0 Å². The fourth-order valence-corrected chi connectivity index (χ4v) is 4.52. The van der Waals surface area contributed by atoms with Gasteiger partial charge in [0, 0.05) is 22.7 Å². The molecule has 0 saturated carbocycles. The van der Waals surface area contributed by atoms with Crippen LogP contribution in [-0.4, -0.2) is 21.6 Å². The number of benzene rings is 1. The highest BCUT2D eigenvalue weighted by Gasteiger charge is 2.25. The topological polar surface area (TPSA) is 75.3 Å². The maximum absolute atomic E-state index is 10.8. The van der Waals surface area contributed by atoms with Crippen LogP contribution in [0.4, 0.5) is 17.5 Å². The lowest BCUT2D eigenvalue weighted by Crippen LogP contribution is -2.17. The molecule has 0 saturated heterocycles. The summed E-state index contributed by atoms with van der Waals surface area (Å²) in [5.74, 6) is 6.93. The highest BCUT2D eigenvalue weighted by Crippen LogP contribution is 2.37. The summed E-state index contributed by atoms with van der Waals surface area (Å²) in [6.45, 7) is 4.59. The van der Waals surface area contributed by atoms with Crippen LogP contribution in [0.1, 0.15) is 35.4 Å². The molecule has 0 aliphatic carbocycles. The number of nitrogen functional groups attached to an aromatic ring is 1. The fraction of sp³-hybridized carbons (Fsp3) is 0.273. The van der Waals surface area contributed by atoms with Crippen LogP contribution in [0.5, 0.6) is 0 Å². The van der Waals surface area contributed by atoms with E-state index in [1.54, 1.807) is 6.92 Å². The van der Waals surface area contributed by atoms with Crippen molar-refractivity contribution in [3.05, 3.63) is 62.4 Å². The van der Waals surface area contributed by atoms with Crippen molar-refractivity contribution >= 4 is 40.4 Å². The van der Waals surface area contributed by atoms with Crippen molar-refractivity contribution in [1.29, 1.82) is 0 Å². The van der Waals surface area contributed by atoms with E-state index < -0.39 is 5.60 Å². The number of aryl methyl sites for hydroxylation is 1. The summed E-state index contributed by atoms with van der Waals surface area (Å²) in [6.07, 6.45) is 3.34. The third-order valence-electron chi connectivity index (χ3n) is 4.97. The molecule has 0 radical (unpaired) electrons. The lowest BCUT2D eigenvalue weighted by Gasteiger charge is -2.19. The summed E-state index contributed by atoms with van der Waals surface area (Å²) < 4.78 is 0. The average Bonchev–Trinajstić information content (AvgIpc) is 3.35. The number of anilines is 3. The molecule has 1 atom stereocenters. The second-order valence-corrected chi connectivity index (χ2v) is 8.46. The first-order valence-corrected chi connectivity index (χ1v) is 10.6. The predicted octanol–water partition coefficient (Wildman–Crippen LogP) is 4.29. The molecule has 0 bridgehead atoms. The Morgan fingerprint density at radius 1 is 1.38 bits per heavy atom. The summed E-state index contributed by atoms with van der Waals surface area (Å²) in [5, 5.41) is 13.3. The standard InChI is InChI=1S/C22H21ClN4OS/c1-3-14-11-19(29-13-14)22(2,28)8-6-15-4-5-16-7-9-27(18(16)10-15)20-17(23)12-25-21(24)26-20/h4-5,10-13,28H,3,7,9H2,1-2H3,(H2,24,25,26). The molecule has 0 amide bonds. The second kappa shape index (κ2) is 7.68. The molecule has 3 N–H and O–H groups in total. The van der Waals surface area contributed by atoms with E-state index in [9.17, 15) is 5.11 Å². The normalized spacial score (nSPS) is 14.8. The van der Waals surface area contributed by atoms with Gasteiger partial charge in [-0.25, -0.2) is 4.98 Å². The Morgan fingerprint density at radius 3 is 2.97 bits per heavy atom. The quantitative estimate of drug-likeness (QED) is 0.613. The van der Waals surface area contributed by atoms with E-state index in [0.29, 0.717) is 10.8 Å². The number of hydrogen-bond donors (Lipinski definition) is 2. The van der Waals surface area contributed by atoms with Crippen molar-refractivity contribution in [1.82, 2.24) is 9.97 Å². The van der Waals surface area contributed by atoms with Gasteiger partial charge in [0.05, 0.1) is 6.20 Å². The lowest BCUT2D eigenvalue weighted by atomic mass is 10.0. The summed E-state index contributed by atoms with van der Waals surface area (Å²) in [5.41, 5.74) is 8.78. The van der Waals surface area contributed by atoms with Gasteiger partial charge in [-0.05, 0) is 54.5 Å². The van der Waals surface area contributed by atoms with Gasteiger partial charge in [-0.15, -0.1) is 11.3 Å². The van der Waals surface area contributed by atoms with Crippen molar-refractivity contribution in [2.75, 3.05) is 17.2 Å². The molecular formula is C22H21ClN4OS. The number of rotatable bonds is 3. The SMILES string of the molecule is CCc1csc(C(C)(O)C#Cc2ccc3c(c2)N(c2nc(N)ncc2Cl)CC3)c1. The molecular weight excluding hydrogens is 404 g/mol. The van der Waals surface area contributed by atoms with Crippen LogP contribution in [0.15, 0.2) is 35.8 Å². The Bertz CT molecular complexity index is 1130. The number of halogens is 1. The Hall–Kier alpha value is -2.59. The maximum Gasteiger partial charge on any atom is 0.222 e. The molecule has 1 aliphatic heterocycles. The van der Waals surface area contributed by atoms with Crippen molar-refractivity contribution in [3.8, 4) is 11.8 Å². The van der Waals surface area contributed by atoms with E-state index >= 15 is 0 Å². The van der Waals surface area contributed by atoms with E-state index in [0.717, 1.165) is 35.5 Å². The zero-order valence-corrected chi connectivity index (χ0v) is 17.8. The number of aliphatic hydroxyl groups is 1. The van der Waals surface area contributed by atoms with Gasteiger partial charge in [0.2, 0.25) is 5.95 Å². The molecule has 3 heterocycles. The van der Waals surface area contributed by atoms with Crippen LogP contribution >= 0.6 is 22.9 Å². The fourth-order valence-electron chi connectivity index (χ4n) is 3.31. The Kier molecular flexibility index (Phi) is 5.22. The third-order valence-corrected chi connectivity index (χ3v) is 6.43. The van der Waals surface area contributed by atoms with E-state index in [-0.39, 0.29) is 5.95 Å². The highest BCUT2D eigenvalue weighted by molar-refractivity contribution is 7.10. The van der Waals surface area contributed by atoms with E-state index in [1.807, 2.05) is 23.1 Å². The molecule has 29 heavy (non-hydrogen) atoms. The second-order valence-electron chi connectivity index (χ2n) is 7.14. The molecule has 5 nitrogen and oxygen atoms in total. The zero-order chi connectivity index (χ0) is 20.6. The first-order chi connectivity index (χ1) is 13.9. The van der Waals surface area contributed by atoms with E-state index in [4.69, 9.17) is 17.3 Å². The largest absolute Gasteiger partial charge is 0.373 e. The smallest absolute Gasteiger partial charge is 0.222 e. The van der Waals surface area contributed by atoms with Crippen molar-refractivity contribution < 1.29 is 5.11 Å². The van der Waals surface area contributed by atoms with Crippen molar-refractivity contribution in [2.24, 2.45) is 0 Å². The van der Waals surface area contributed by atoms with Crippen LogP contribution in [-0.2, 0) is 18.4 Å². The van der Waals surface area contributed by atoms with Gasteiger partial charge < -0.3 is 15.7 Å². The van der Waals surface area contributed by atoms with Gasteiger partial charge in [0.15, 0.2) is 11.4 Å². The molecule has 0 spiro atoms. The Balaban J connectivity index is 1.65. The van der Waals surface area contributed by atoms with E-state index in [1.165, 1.54) is 28.7 Å². The molecule has 148 valence electrons. The Labute approximate surface area is 179 Å². The van der Waals surface area contributed by atoms with E-state index in [2.05, 4.69) is 40.2 Å². The van der Waals surface area contributed by atoms with Gasteiger partial charge in [-0.2, -0.15) is 4.98 Å². The molecule has 2 aromatic heterocycles. The number of thiophene rings is 1. The monoisotopic (exact) mass is 424 g/mol. The number of hydrogen-bond acceptors (Lipinski definition) is 6. The third kappa shape index (κ3) is 3.95. The summed E-state index contributed by atoms with van der Waals surface area (Å²) in [6, 6.07) is 8.07. The van der Waals surface area contributed by atoms with Crippen LogP contribution in [0.3, 0.4) is 0 Å². The molecule has 0 fully saturated rings. The summed E-state index contributed by atoms with van der Waals surface area (Å²) in [4.78, 5) is 11.1. The first kappa shape index (κ1) is 19.7. The minimum absolute atomic E-state index is 0.187. The van der Waals surface area contributed by atoms with Crippen molar-refractivity contribution in [3.63, 3.8) is 0 Å². The lowest BCUT2D eigenvalue weighted by molar-refractivity contribution is 0.126. The average molecular weight is 425 g/mol. The van der Waals surface area contributed by atoms with Crippen molar-refractivity contribution in [2.45, 2.75) is 32.3 Å². The number of aromatic nitrogens is 2. The number of nitrogens with two attached hydrogens (primary N) is 1. The minimum atomic E-state index is -1.19. The molecule has 1 aliphatic rings. The summed E-state index contributed by atoms with van der Waals surface area (Å²) in [7, 11) is 0. The van der Waals surface area contributed by atoms with Crippen LogP contribution in [0.25, 0.3) is 0 Å². The van der Waals surface area contributed by atoms with Crippen LogP contribution < -0.4 is 10.6 Å². The highest BCUT2D eigenvalue weighted by atomic mass is 35.5. The van der Waals surface area contributed by atoms with Crippen LogP contribution in [0, 0.1) is 11.8 Å². The van der Waals surface area contributed by atoms with Gasteiger partial charge in [0.1, 0.15) is 5.02 Å². The maximum atomic E-state index is 10.8. The molecule has 1 aromatic carbocycles. The number of nitrogens with zero attached hydrogens (tertiary/aromatic N) is 3. The minimum Gasteiger partial charge on any atom is -0.373 e. The zero-order valence-electron chi connectivity index (χ0n) is 16.2. The molecule has 4 rings (SSSR count). The van der Waals surface area contributed by atoms with Crippen LogP contribution in [0.2, 0.25) is 5.02 Å². The summed E-state index contributed by atoms with van der Waals surface area (Å²) >= 11 is 7.84.